The highest BCUT2D eigenvalue weighted by molar-refractivity contribution is 8.26. The minimum absolute atomic E-state index is 0.175. The van der Waals surface area contributed by atoms with Gasteiger partial charge in [0.05, 0.1) is 29.5 Å². The van der Waals surface area contributed by atoms with Crippen LogP contribution in [-0.2, 0) is 20.9 Å². The van der Waals surface area contributed by atoms with Crippen LogP contribution < -0.4 is 10.5 Å². The summed E-state index contributed by atoms with van der Waals surface area (Å²) in [5.41, 5.74) is 3.63. The molecule has 39 heavy (non-hydrogen) atoms. The zero-order valence-corrected chi connectivity index (χ0v) is 23.8. The summed E-state index contributed by atoms with van der Waals surface area (Å²) < 4.78 is 7.18. The van der Waals surface area contributed by atoms with Crippen molar-refractivity contribution in [3.8, 4) is 0 Å². The van der Waals surface area contributed by atoms with Crippen molar-refractivity contribution in [2.24, 2.45) is 5.92 Å². The Morgan fingerprint density at radius 2 is 1.87 bits per heavy atom. The van der Waals surface area contributed by atoms with Crippen molar-refractivity contribution in [2.75, 3.05) is 24.6 Å². The average molecular weight is 563 g/mol. The number of hydrogen-bond acceptors (Lipinski definition) is 8. The van der Waals surface area contributed by atoms with E-state index in [2.05, 4.69) is 0 Å². The number of carbonyl (C=O) groups excluding carboxylic acids is 2. The number of pyridine rings is 1. The van der Waals surface area contributed by atoms with E-state index in [9.17, 15) is 14.4 Å². The molecule has 2 aliphatic heterocycles. The number of fused-ring (bicyclic) bond motifs is 1. The van der Waals surface area contributed by atoms with E-state index in [1.54, 1.807) is 30.2 Å². The number of piperidine rings is 1. The second kappa shape index (κ2) is 11.3. The van der Waals surface area contributed by atoms with Crippen molar-refractivity contribution < 1.29 is 14.3 Å². The molecule has 10 heteroatoms. The first-order valence-electron chi connectivity index (χ1n) is 13.0. The predicted octanol–water partition coefficient (Wildman–Crippen LogP) is 4.49. The number of hydrogen-bond donors (Lipinski definition) is 0. The standard InChI is InChI=1S/C29H30N4O4S2/c1-4-37-28(36)21-11-14-31(15-12-21)25-22(26(34)32-13-5-6-19(3)24(32)30-25)16-23-27(35)33(29(38)39-23)17-20-9-7-18(2)8-10-20/h5-10,13,16,21H,4,11-12,14-15,17H2,1-3H3. The molecule has 0 bridgehead atoms. The number of nitrogens with zero attached hydrogens (tertiary/aromatic N) is 4. The molecular weight excluding hydrogens is 532 g/mol. The fraction of sp³-hybridized carbons (Fsp3) is 0.345. The summed E-state index contributed by atoms with van der Waals surface area (Å²) in [5, 5.41) is 0. The zero-order valence-electron chi connectivity index (χ0n) is 22.2. The summed E-state index contributed by atoms with van der Waals surface area (Å²) in [6, 6.07) is 11.7. The first-order valence-corrected chi connectivity index (χ1v) is 14.2. The van der Waals surface area contributed by atoms with Gasteiger partial charge in [-0.05, 0) is 56.9 Å². The topological polar surface area (TPSA) is 84.2 Å². The lowest BCUT2D eigenvalue weighted by Crippen LogP contribution is -2.39. The minimum Gasteiger partial charge on any atom is -0.466 e. The Bertz CT molecular complexity index is 1540. The first-order chi connectivity index (χ1) is 18.8. The minimum atomic E-state index is -0.255. The molecule has 1 amide bonds. The lowest BCUT2D eigenvalue weighted by Gasteiger charge is -2.32. The maximum absolute atomic E-state index is 13.8. The monoisotopic (exact) mass is 562 g/mol. The number of thioether (sulfide) groups is 1. The summed E-state index contributed by atoms with van der Waals surface area (Å²) in [7, 11) is 0. The van der Waals surface area contributed by atoms with E-state index >= 15 is 0 Å². The highest BCUT2D eigenvalue weighted by Crippen LogP contribution is 2.35. The number of benzene rings is 1. The van der Waals surface area contributed by atoms with Gasteiger partial charge in [-0.25, -0.2) is 4.98 Å². The quantitative estimate of drug-likeness (QED) is 0.247. The van der Waals surface area contributed by atoms with Gasteiger partial charge >= 0.3 is 5.97 Å². The van der Waals surface area contributed by atoms with Crippen molar-refractivity contribution in [1.82, 2.24) is 14.3 Å². The van der Waals surface area contributed by atoms with Gasteiger partial charge in [-0.1, -0.05) is 59.9 Å². The molecule has 2 aromatic heterocycles. The van der Waals surface area contributed by atoms with Crippen molar-refractivity contribution in [3.63, 3.8) is 0 Å². The highest BCUT2D eigenvalue weighted by Gasteiger charge is 2.34. The zero-order chi connectivity index (χ0) is 27.7. The Labute approximate surface area is 236 Å². The fourth-order valence-electron chi connectivity index (χ4n) is 4.90. The number of anilines is 1. The van der Waals surface area contributed by atoms with E-state index < -0.39 is 0 Å². The van der Waals surface area contributed by atoms with Gasteiger partial charge in [0.25, 0.3) is 11.5 Å². The average Bonchev–Trinajstić information content (AvgIpc) is 3.19. The fourth-order valence-corrected chi connectivity index (χ4v) is 6.14. The van der Waals surface area contributed by atoms with Crippen LogP contribution in [0.3, 0.4) is 0 Å². The Morgan fingerprint density at radius 3 is 2.56 bits per heavy atom. The van der Waals surface area contributed by atoms with Crippen LogP contribution in [0.4, 0.5) is 5.82 Å². The van der Waals surface area contributed by atoms with E-state index in [0.717, 1.165) is 16.7 Å². The van der Waals surface area contributed by atoms with Crippen molar-refractivity contribution in [2.45, 2.75) is 40.2 Å². The molecule has 0 saturated carbocycles. The van der Waals surface area contributed by atoms with Gasteiger partial charge in [0.15, 0.2) is 0 Å². The molecule has 0 unspecified atom stereocenters. The summed E-state index contributed by atoms with van der Waals surface area (Å²) in [6.07, 6.45) is 4.53. The molecule has 2 saturated heterocycles. The van der Waals surface area contributed by atoms with E-state index in [1.165, 1.54) is 16.2 Å². The van der Waals surface area contributed by atoms with Crippen LogP contribution in [0.25, 0.3) is 11.7 Å². The largest absolute Gasteiger partial charge is 0.466 e. The Balaban J connectivity index is 1.50. The summed E-state index contributed by atoms with van der Waals surface area (Å²) in [6.45, 7) is 7.55. The molecule has 0 N–H and O–H groups in total. The van der Waals surface area contributed by atoms with Gasteiger partial charge in [0.1, 0.15) is 15.8 Å². The number of esters is 1. The van der Waals surface area contributed by atoms with Crippen molar-refractivity contribution in [1.29, 1.82) is 0 Å². The highest BCUT2D eigenvalue weighted by atomic mass is 32.2. The Kier molecular flexibility index (Phi) is 7.86. The first kappa shape index (κ1) is 27.1. The molecule has 0 spiro atoms. The van der Waals surface area contributed by atoms with E-state index in [-0.39, 0.29) is 23.4 Å². The number of carbonyl (C=O) groups is 2. The molecule has 0 atom stereocenters. The number of rotatable bonds is 6. The van der Waals surface area contributed by atoms with Crippen molar-refractivity contribution >= 4 is 57.7 Å². The molecule has 202 valence electrons. The maximum Gasteiger partial charge on any atom is 0.309 e. The smallest absolute Gasteiger partial charge is 0.309 e. The molecule has 1 aromatic carbocycles. The third-order valence-corrected chi connectivity index (χ3v) is 8.47. The second-order valence-corrected chi connectivity index (χ2v) is 11.5. The van der Waals surface area contributed by atoms with Crippen LogP contribution in [-0.4, -0.2) is 50.2 Å². The third kappa shape index (κ3) is 5.49. The van der Waals surface area contributed by atoms with Crippen LogP contribution in [0.2, 0.25) is 0 Å². The van der Waals surface area contributed by atoms with Crippen molar-refractivity contribution in [3.05, 3.63) is 80.1 Å². The predicted molar refractivity (Wildman–Crippen MR) is 158 cm³/mol. The van der Waals surface area contributed by atoms with Crippen LogP contribution in [0.15, 0.2) is 52.3 Å². The molecule has 4 heterocycles. The molecule has 0 radical (unpaired) electrons. The molecule has 2 fully saturated rings. The second-order valence-electron chi connectivity index (χ2n) is 9.81. The SMILES string of the molecule is CCOC(=O)C1CCN(c2nc3c(C)cccn3c(=O)c2C=C2SC(=S)N(Cc3ccc(C)cc3)C2=O)CC1. The lowest BCUT2D eigenvalue weighted by molar-refractivity contribution is -0.148. The van der Waals surface area contributed by atoms with Gasteiger partial charge in [0.2, 0.25) is 0 Å². The molecular formula is C29H30N4O4S2. The number of aryl methyl sites for hydroxylation is 2. The Morgan fingerprint density at radius 1 is 1.15 bits per heavy atom. The van der Waals surface area contributed by atoms with Crippen LogP contribution in [0.5, 0.6) is 0 Å². The van der Waals surface area contributed by atoms with Gasteiger partial charge in [-0.2, -0.15) is 0 Å². The number of thiocarbonyl (C=S) groups is 1. The molecule has 5 rings (SSSR count). The van der Waals surface area contributed by atoms with Crippen LogP contribution in [0.1, 0.15) is 42.0 Å². The van der Waals surface area contributed by atoms with E-state index in [1.807, 2.05) is 49.1 Å². The van der Waals surface area contributed by atoms with Gasteiger partial charge < -0.3 is 9.64 Å². The summed E-state index contributed by atoms with van der Waals surface area (Å²) in [4.78, 5) is 48.4. The van der Waals surface area contributed by atoms with E-state index in [0.29, 0.717) is 65.3 Å². The summed E-state index contributed by atoms with van der Waals surface area (Å²) >= 11 is 6.75. The number of aromatic nitrogens is 2. The maximum atomic E-state index is 13.8. The van der Waals surface area contributed by atoms with E-state index in [4.69, 9.17) is 21.9 Å². The molecule has 3 aromatic rings. The molecule has 2 aliphatic rings. The lowest BCUT2D eigenvalue weighted by atomic mass is 9.96. The van der Waals surface area contributed by atoms with Gasteiger partial charge in [-0.15, -0.1) is 0 Å². The van der Waals surface area contributed by atoms with Crippen LogP contribution in [0, 0.1) is 19.8 Å². The Hall–Kier alpha value is -3.50. The van der Waals surface area contributed by atoms with Gasteiger partial charge in [0, 0.05) is 19.3 Å². The molecule has 8 nitrogen and oxygen atoms in total. The molecule has 0 aliphatic carbocycles. The number of amides is 1. The van der Waals surface area contributed by atoms with Crippen LogP contribution >= 0.6 is 24.0 Å². The number of ether oxygens (including phenoxy) is 1. The summed E-state index contributed by atoms with van der Waals surface area (Å²) in [5.74, 6) is -0.0744. The normalized spacial score (nSPS) is 17.5. The third-order valence-electron chi connectivity index (χ3n) is 7.09. The van der Waals surface area contributed by atoms with Gasteiger partial charge in [-0.3, -0.25) is 23.7 Å².